The van der Waals surface area contributed by atoms with Gasteiger partial charge in [0.1, 0.15) is 5.75 Å². The van der Waals surface area contributed by atoms with Crippen LogP contribution in [-0.2, 0) is 6.54 Å². The lowest BCUT2D eigenvalue weighted by Gasteiger charge is -2.17. The molecule has 110 valence electrons. The maximum Gasteiger partial charge on any atom is 0.245 e. The van der Waals surface area contributed by atoms with Crippen molar-refractivity contribution < 1.29 is 9.63 Å². The molecule has 5 nitrogen and oxygen atoms in total. The highest BCUT2D eigenvalue weighted by Gasteiger charge is 2.42. The van der Waals surface area contributed by atoms with E-state index in [1.165, 1.54) is 25.7 Å². The molecule has 2 aliphatic rings. The Morgan fingerprint density at radius 2 is 2.05 bits per heavy atom. The Morgan fingerprint density at radius 1 is 1.19 bits per heavy atom. The van der Waals surface area contributed by atoms with E-state index in [9.17, 15) is 5.11 Å². The summed E-state index contributed by atoms with van der Waals surface area (Å²) in [5.74, 6) is 3.94. The molecule has 2 N–H and O–H groups in total. The van der Waals surface area contributed by atoms with E-state index in [1.807, 2.05) is 12.1 Å². The number of phenolic OH excluding ortho intramolecular Hbond substituents is 1. The Bertz CT molecular complexity index is 623. The number of hydrogen-bond donors (Lipinski definition) is 2. The van der Waals surface area contributed by atoms with Crippen molar-refractivity contribution in [2.45, 2.75) is 38.1 Å². The summed E-state index contributed by atoms with van der Waals surface area (Å²) in [6, 6.07) is 6.94. The predicted molar refractivity (Wildman–Crippen MR) is 77.9 cm³/mol. The Hall–Kier alpha value is -2.04. The van der Waals surface area contributed by atoms with Gasteiger partial charge in [-0.2, -0.15) is 4.98 Å². The summed E-state index contributed by atoms with van der Waals surface area (Å²) in [6.45, 7) is 0.512. The minimum Gasteiger partial charge on any atom is -0.508 e. The van der Waals surface area contributed by atoms with E-state index in [4.69, 9.17) is 4.52 Å². The minimum atomic E-state index is 0.261. The molecule has 4 rings (SSSR count). The summed E-state index contributed by atoms with van der Waals surface area (Å²) >= 11 is 0. The van der Waals surface area contributed by atoms with Gasteiger partial charge < -0.3 is 14.9 Å². The summed E-state index contributed by atoms with van der Waals surface area (Å²) in [5.41, 5.74) is 0.924. The van der Waals surface area contributed by atoms with Gasteiger partial charge in [-0.15, -0.1) is 0 Å². The van der Waals surface area contributed by atoms with E-state index in [1.54, 1.807) is 12.1 Å². The van der Waals surface area contributed by atoms with Gasteiger partial charge in [0, 0.05) is 11.6 Å². The SMILES string of the molecule is Oc1ccc(NCc2nc(C3CC4CCC3C4)no2)cc1. The van der Waals surface area contributed by atoms with Gasteiger partial charge in [-0.05, 0) is 55.4 Å². The third-order valence-corrected chi connectivity index (χ3v) is 4.86. The van der Waals surface area contributed by atoms with E-state index in [2.05, 4.69) is 15.5 Å². The number of anilines is 1. The minimum absolute atomic E-state index is 0.261. The van der Waals surface area contributed by atoms with E-state index in [0.717, 1.165) is 23.3 Å². The molecule has 2 saturated carbocycles. The van der Waals surface area contributed by atoms with Gasteiger partial charge in [-0.1, -0.05) is 11.6 Å². The first-order valence-corrected chi connectivity index (χ1v) is 7.63. The van der Waals surface area contributed by atoms with Gasteiger partial charge in [-0.25, -0.2) is 0 Å². The quantitative estimate of drug-likeness (QED) is 0.843. The zero-order chi connectivity index (χ0) is 14.2. The molecule has 1 aromatic carbocycles. The highest BCUT2D eigenvalue weighted by Crippen LogP contribution is 2.52. The topological polar surface area (TPSA) is 71.2 Å². The lowest BCUT2D eigenvalue weighted by atomic mass is 9.88. The molecular formula is C16H19N3O2. The second kappa shape index (κ2) is 5.06. The highest BCUT2D eigenvalue weighted by atomic mass is 16.5. The van der Waals surface area contributed by atoms with E-state index >= 15 is 0 Å². The number of nitrogens with one attached hydrogen (secondary N) is 1. The molecule has 2 bridgehead atoms. The number of fused-ring (bicyclic) bond motifs is 2. The summed E-state index contributed by atoms with van der Waals surface area (Å²) in [6.07, 6.45) is 5.29. The van der Waals surface area contributed by atoms with Crippen molar-refractivity contribution in [1.82, 2.24) is 10.1 Å². The van der Waals surface area contributed by atoms with Crippen molar-refractivity contribution in [3.05, 3.63) is 36.0 Å². The first-order valence-electron chi connectivity index (χ1n) is 7.63. The van der Waals surface area contributed by atoms with E-state index in [-0.39, 0.29) is 5.75 Å². The van der Waals surface area contributed by atoms with Gasteiger partial charge in [-0.3, -0.25) is 0 Å². The number of aromatic nitrogens is 2. The largest absolute Gasteiger partial charge is 0.508 e. The first-order chi connectivity index (χ1) is 10.3. The van der Waals surface area contributed by atoms with Crippen LogP contribution in [-0.4, -0.2) is 15.2 Å². The molecule has 0 aliphatic heterocycles. The first kappa shape index (κ1) is 12.7. The molecule has 1 aromatic heterocycles. The average molecular weight is 285 g/mol. The summed E-state index contributed by atoms with van der Waals surface area (Å²) in [4.78, 5) is 4.55. The van der Waals surface area contributed by atoms with Gasteiger partial charge >= 0.3 is 0 Å². The van der Waals surface area contributed by atoms with Crippen molar-refractivity contribution >= 4 is 5.69 Å². The number of benzene rings is 1. The Balaban J connectivity index is 1.39. The van der Waals surface area contributed by atoms with Gasteiger partial charge in [0.2, 0.25) is 5.89 Å². The van der Waals surface area contributed by atoms with Crippen molar-refractivity contribution in [3.8, 4) is 5.75 Å². The van der Waals surface area contributed by atoms with Gasteiger partial charge in [0.25, 0.3) is 0 Å². The molecule has 5 heteroatoms. The molecule has 0 amide bonds. The van der Waals surface area contributed by atoms with Crippen molar-refractivity contribution in [3.63, 3.8) is 0 Å². The van der Waals surface area contributed by atoms with E-state index < -0.39 is 0 Å². The molecule has 3 unspecified atom stereocenters. The molecule has 1 heterocycles. The van der Waals surface area contributed by atoms with Crippen LogP contribution in [0.3, 0.4) is 0 Å². The zero-order valence-electron chi connectivity index (χ0n) is 11.8. The third kappa shape index (κ3) is 2.48. The Labute approximate surface area is 123 Å². The number of rotatable bonds is 4. The van der Waals surface area contributed by atoms with Crippen LogP contribution in [0.5, 0.6) is 5.75 Å². The zero-order valence-corrected chi connectivity index (χ0v) is 11.8. The van der Waals surface area contributed by atoms with Crippen molar-refractivity contribution in [1.29, 1.82) is 0 Å². The van der Waals surface area contributed by atoms with E-state index in [0.29, 0.717) is 18.4 Å². The van der Waals surface area contributed by atoms with Gasteiger partial charge in [0.15, 0.2) is 5.82 Å². The standard InChI is InChI=1S/C16H19N3O2/c20-13-5-3-12(4-6-13)17-9-15-18-16(19-21-15)14-8-10-1-2-11(14)7-10/h3-6,10-11,14,17,20H,1-2,7-9H2. The number of hydrogen-bond acceptors (Lipinski definition) is 5. The maximum atomic E-state index is 9.25. The Kier molecular flexibility index (Phi) is 3.05. The monoisotopic (exact) mass is 285 g/mol. The van der Waals surface area contributed by atoms with Crippen LogP contribution in [0.25, 0.3) is 0 Å². The number of aromatic hydroxyl groups is 1. The molecular weight excluding hydrogens is 266 g/mol. The van der Waals surface area contributed by atoms with Crippen LogP contribution >= 0.6 is 0 Å². The fourth-order valence-electron chi connectivity index (χ4n) is 3.81. The lowest BCUT2D eigenvalue weighted by molar-refractivity contribution is 0.354. The van der Waals surface area contributed by atoms with Crippen LogP contribution < -0.4 is 5.32 Å². The molecule has 21 heavy (non-hydrogen) atoms. The molecule has 2 aromatic rings. The van der Waals surface area contributed by atoms with Crippen LogP contribution in [0, 0.1) is 11.8 Å². The maximum absolute atomic E-state index is 9.25. The second-order valence-corrected chi connectivity index (χ2v) is 6.23. The Morgan fingerprint density at radius 3 is 2.76 bits per heavy atom. The van der Waals surface area contributed by atoms with Crippen LogP contribution in [0.1, 0.15) is 43.3 Å². The fourth-order valence-corrected chi connectivity index (χ4v) is 3.81. The highest BCUT2D eigenvalue weighted by molar-refractivity contribution is 5.45. The van der Waals surface area contributed by atoms with Gasteiger partial charge in [0.05, 0.1) is 6.54 Å². The summed E-state index contributed by atoms with van der Waals surface area (Å²) < 4.78 is 5.36. The predicted octanol–water partition coefficient (Wildman–Crippen LogP) is 3.29. The second-order valence-electron chi connectivity index (χ2n) is 6.23. The molecule has 0 radical (unpaired) electrons. The average Bonchev–Trinajstić information content (AvgIpc) is 3.22. The van der Waals surface area contributed by atoms with Crippen molar-refractivity contribution in [2.24, 2.45) is 11.8 Å². The lowest BCUT2D eigenvalue weighted by Crippen LogP contribution is -2.10. The molecule has 2 aliphatic carbocycles. The van der Waals surface area contributed by atoms with Crippen LogP contribution in [0.2, 0.25) is 0 Å². The van der Waals surface area contributed by atoms with Crippen LogP contribution in [0.15, 0.2) is 28.8 Å². The smallest absolute Gasteiger partial charge is 0.245 e. The molecule has 3 atom stereocenters. The molecule has 2 fully saturated rings. The fraction of sp³-hybridized carbons (Fsp3) is 0.500. The van der Waals surface area contributed by atoms with Crippen molar-refractivity contribution in [2.75, 3.05) is 5.32 Å². The normalized spacial score (nSPS) is 27.1. The number of phenols is 1. The molecule has 0 spiro atoms. The molecule has 0 saturated heterocycles. The summed E-state index contributed by atoms with van der Waals surface area (Å²) in [5, 5.41) is 16.6. The summed E-state index contributed by atoms with van der Waals surface area (Å²) in [7, 11) is 0. The van der Waals surface area contributed by atoms with Crippen LogP contribution in [0.4, 0.5) is 5.69 Å². The number of nitrogens with zero attached hydrogens (tertiary/aromatic N) is 2. The third-order valence-electron chi connectivity index (χ3n) is 4.86.